The van der Waals surface area contributed by atoms with E-state index in [0.29, 0.717) is 11.5 Å². The van der Waals surface area contributed by atoms with E-state index in [-0.39, 0.29) is 0 Å². The summed E-state index contributed by atoms with van der Waals surface area (Å²) in [6.45, 7) is 12.5. The highest BCUT2D eigenvalue weighted by atomic mass is 16.3. The Bertz CT molecular complexity index is 785. The molecule has 0 aliphatic heterocycles. The van der Waals surface area contributed by atoms with Crippen LogP contribution in [0.25, 0.3) is 11.1 Å². The molecule has 0 radical (unpaired) electrons. The van der Waals surface area contributed by atoms with Gasteiger partial charge in [-0.25, -0.2) is 0 Å². The Balaban J connectivity index is 0. The van der Waals surface area contributed by atoms with Crippen LogP contribution in [-0.2, 0) is 0 Å². The summed E-state index contributed by atoms with van der Waals surface area (Å²) in [6.07, 6.45) is 2.50. The minimum atomic E-state index is 0.322. The second-order valence-electron chi connectivity index (χ2n) is 6.82. The van der Waals surface area contributed by atoms with Crippen molar-refractivity contribution in [3.8, 4) is 22.6 Å². The molecule has 4 rings (SSSR count). The Morgan fingerprint density at radius 3 is 0.706 bits per heavy atom. The van der Waals surface area contributed by atoms with Crippen LogP contribution in [0.15, 0.2) is 121 Å². The lowest BCUT2D eigenvalue weighted by Gasteiger charge is -1.98. The number of benzene rings is 4. The van der Waals surface area contributed by atoms with E-state index in [1.54, 1.807) is 48.5 Å². The average Bonchev–Trinajstić information content (AvgIpc) is 2.89. The maximum atomic E-state index is 8.63. The molecule has 0 saturated carbocycles. The van der Waals surface area contributed by atoms with Gasteiger partial charge in [-0.2, -0.15) is 0 Å². The lowest BCUT2D eigenvalue weighted by Crippen LogP contribution is -1.73. The molecule has 4 aromatic rings. The number of rotatable bonds is 1. The van der Waals surface area contributed by atoms with Gasteiger partial charge in [0.2, 0.25) is 0 Å². The maximum absolute atomic E-state index is 8.63. The predicted octanol–water partition coefficient (Wildman–Crippen LogP) is 10.00. The summed E-state index contributed by atoms with van der Waals surface area (Å²) < 4.78 is 0. The molecule has 0 aliphatic carbocycles. The second-order valence-corrected chi connectivity index (χ2v) is 6.82. The number of hydrogen-bond donors (Lipinski definition) is 2. The molecule has 4 aromatic carbocycles. The molecular formula is C32H44O2. The van der Waals surface area contributed by atoms with E-state index in [0.717, 1.165) is 0 Å². The predicted molar refractivity (Wildman–Crippen MR) is 151 cm³/mol. The van der Waals surface area contributed by atoms with Gasteiger partial charge in [0.1, 0.15) is 11.5 Å². The zero-order valence-electron chi connectivity index (χ0n) is 21.9. The zero-order chi connectivity index (χ0) is 25.9. The van der Waals surface area contributed by atoms with Gasteiger partial charge in [-0.1, -0.05) is 151 Å². The van der Waals surface area contributed by atoms with Gasteiger partial charge in [-0.05, 0) is 35.4 Å². The molecule has 34 heavy (non-hydrogen) atoms. The van der Waals surface area contributed by atoms with E-state index in [2.05, 4.69) is 76.2 Å². The van der Waals surface area contributed by atoms with Gasteiger partial charge < -0.3 is 10.2 Å². The third kappa shape index (κ3) is 20.4. The first kappa shape index (κ1) is 32.7. The van der Waals surface area contributed by atoms with E-state index in [9.17, 15) is 0 Å². The molecule has 0 unspecified atom stereocenters. The number of phenolic OH excluding ortho intramolecular Hbond substituents is 2. The quantitative estimate of drug-likeness (QED) is 0.296. The van der Waals surface area contributed by atoms with Crippen molar-refractivity contribution in [3.05, 3.63) is 121 Å². The van der Waals surface area contributed by atoms with Gasteiger partial charge in [-0.3, -0.25) is 0 Å². The maximum Gasteiger partial charge on any atom is 0.115 e. The molecule has 0 atom stereocenters. The molecule has 2 nitrogen and oxygen atoms in total. The van der Waals surface area contributed by atoms with Crippen molar-refractivity contribution in [3.63, 3.8) is 0 Å². The minimum absolute atomic E-state index is 0.322. The van der Waals surface area contributed by atoms with Crippen LogP contribution in [-0.4, -0.2) is 10.2 Å². The first-order valence-electron chi connectivity index (χ1n) is 12.2. The molecular weight excluding hydrogens is 416 g/mol. The monoisotopic (exact) mass is 460 g/mol. The van der Waals surface area contributed by atoms with Crippen molar-refractivity contribution in [2.45, 2.75) is 54.4 Å². The highest BCUT2D eigenvalue weighted by Gasteiger charge is 1.91. The summed E-state index contributed by atoms with van der Waals surface area (Å²) in [5.74, 6) is 0.644. The third-order valence-corrected chi connectivity index (χ3v) is 3.39. The van der Waals surface area contributed by atoms with Gasteiger partial charge >= 0.3 is 0 Å². The largest absolute Gasteiger partial charge is 0.508 e. The Morgan fingerprint density at radius 2 is 0.559 bits per heavy atom. The van der Waals surface area contributed by atoms with Crippen LogP contribution in [0, 0.1) is 0 Å². The van der Waals surface area contributed by atoms with Crippen molar-refractivity contribution in [1.82, 2.24) is 0 Å². The zero-order valence-corrected chi connectivity index (χ0v) is 21.9. The van der Waals surface area contributed by atoms with Crippen molar-refractivity contribution in [2.75, 3.05) is 0 Å². The number of para-hydroxylation sites is 2. The van der Waals surface area contributed by atoms with Gasteiger partial charge in [0, 0.05) is 0 Å². The van der Waals surface area contributed by atoms with E-state index < -0.39 is 0 Å². The highest BCUT2D eigenvalue weighted by Crippen LogP contribution is 2.17. The number of hydrogen-bond acceptors (Lipinski definition) is 2. The summed E-state index contributed by atoms with van der Waals surface area (Å²) in [7, 11) is 0. The van der Waals surface area contributed by atoms with Crippen LogP contribution in [0.2, 0.25) is 0 Å². The lowest BCUT2D eigenvalue weighted by atomic mass is 10.1. The molecule has 184 valence electrons. The van der Waals surface area contributed by atoms with Gasteiger partial charge in [0.05, 0.1) is 0 Å². The molecule has 0 saturated heterocycles. The van der Waals surface area contributed by atoms with Gasteiger partial charge in [-0.15, -0.1) is 0 Å². The smallest absolute Gasteiger partial charge is 0.115 e. The third-order valence-electron chi connectivity index (χ3n) is 3.39. The van der Waals surface area contributed by atoms with Crippen molar-refractivity contribution < 1.29 is 10.2 Å². The van der Waals surface area contributed by atoms with E-state index in [4.69, 9.17) is 10.2 Å². The molecule has 0 fully saturated rings. The summed E-state index contributed by atoms with van der Waals surface area (Å²) >= 11 is 0. The normalized spacial score (nSPS) is 8.18. The first-order chi connectivity index (χ1) is 16.6. The lowest BCUT2D eigenvalue weighted by molar-refractivity contribution is 0.475. The molecule has 2 N–H and O–H groups in total. The van der Waals surface area contributed by atoms with Gasteiger partial charge in [0.25, 0.3) is 0 Å². The Hall–Kier alpha value is -3.52. The van der Waals surface area contributed by atoms with Crippen LogP contribution in [0.5, 0.6) is 11.5 Å². The highest BCUT2D eigenvalue weighted by molar-refractivity contribution is 5.62. The Labute approximate surface area is 208 Å². The summed E-state index contributed by atoms with van der Waals surface area (Å²) in [5, 5.41) is 17.3. The summed E-state index contributed by atoms with van der Waals surface area (Å²) in [6, 6.07) is 38.2. The Kier molecular flexibility index (Phi) is 24.7. The molecule has 0 heterocycles. The molecule has 2 heteroatoms. The van der Waals surface area contributed by atoms with Crippen LogP contribution in [0.4, 0.5) is 0 Å². The van der Waals surface area contributed by atoms with Crippen molar-refractivity contribution in [2.24, 2.45) is 0 Å². The molecule has 0 bridgehead atoms. The average molecular weight is 461 g/mol. The second kappa shape index (κ2) is 25.7. The Morgan fingerprint density at radius 1 is 0.382 bits per heavy atom. The molecule has 0 amide bonds. The van der Waals surface area contributed by atoms with E-state index in [1.807, 2.05) is 38.1 Å². The molecule has 0 spiro atoms. The summed E-state index contributed by atoms with van der Waals surface area (Å²) in [5.41, 5.74) is 2.55. The fourth-order valence-electron chi connectivity index (χ4n) is 2.12. The van der Waals surface area contributed by atoms with Crippen LogP contribution >= 0.6 is 0 Å². The van der Waals surface area contributed by atoms with E-state index >= 15 is 0 Å². The number of aromatic hydroxyl groups is 2. The van der Waals surface area contributed by atoms with E-state index in [1.165, 1.54) is 24.0 Å². The fourth-order valence-corrected chi connectivity index (χ4v) is 2.12. The molecule has 0 aliphatic rings. The van der Waals surface area contributed by atoms with Crippen LogP contribution in [0.3, 0.4) is 0 Å². The van der Waals surface area contributed by atoms with Crippen LogP contribution < -0.4 is 0 Å². The fraction of sp³-hybridized carbons (Fsp3) is 0.250. The minimum Gasteiger partial charge on any atom is -0.508 e. The standard InChI is InChI=1S/C12H10.2C6H6O.2C3H8.C2H6/c1-3-7-11(8-4-1)12-9-5-2-6-10-12;2*7-6-4-2-1-3-5-6;2*1-3-2;1-2/h1-10H;2*1-5,7H;2*3H2,1-2H3;1-2H3. The van der Waals surface area contributed by atoms with Crippen molar-refractivity contribution >= 4 is 0 Å². The van der Waals surface area contributed by atoms with Crippen molar-refractivity contribution in [1.29, 1.82) is 0 Å². The van der Waals surface area contributed by atoms with Crippen LogP contribution in [0.1, 0.15) is 54.4 Å². The SMILES string of the molecule is CC.CCC.CCC.Oc1ccccc1.Oc1ccccc1.c1ccc(-c2ccccc2)cc1. The first-order valence-corrected chi connectivity index (χ1v) is 12.2. The number of phenols is 2. The summed E-state index contributed by atoms with van der Waals surface area (Å²) in [4.78, 5) is 0. The topological polar surface area (TPSA) is 40.5 Å². The van der Waals surface area contributed by atoms with Gasteiger partial charge in [0.15, 0.2) is 0 Å². The molecule has 0 aromatic heterocycles.